The number of alkyl halides is 3. The number of halogens is 3. The van der Waals surface area contributed by atoms with Crippen LogP contribution in [-0.4, -0.2) is 39.8 Å². The van der Waals surface area contributed by atoms with Gasteiger partial charge in [-0.1, -0.05) is 6.92 Å². The van der Waals surface area contributed by atoms with Crippen LogP contribution in [0.1, 0.15) is 36.3 Å². The molecule has 0 atom stereocenters. The number of anilines is 1. The molecule has 0 saturated heterocycles. The van der Waals surface area contributed by atoms with Crippen molar-refractivity contribution in [2.75, 3.05) is 23.4 Å². The number of carbonyl (C=O) groups is 2. The highest BCUT2D eigenvalue weighted by Gasteiger charge is 2.41. The number of benzene rings is 1. The molecule has 152 valence electrons. The van der Waals surface area contributed by atoms with Crippen LogP contribution in [0.3, 0.4) is 0 Å². The molecule has 10 heteroatoms. The van der Waals surface area contributed by atoms with Crippen molar-refractivity contribution in [1.82, 2.24) is 9.78 Å². The Morgan fingerprint density at radius 2 is 1.89 bits per heavy atom. The van der Waals surface area contributed by atoms with Crippen molar-refractivity contribution in [1.29, 1.82) is 0 Å². The van der Waals surface area contributed by atoms with Gasteiger partial charge in [-0.2, -0.15) is 30.0 Å². The minimum absolute atomic E-state index is 0.0494. The molecule has 0 saturated carbocycles. The van der Waals surface area contributed by atoms with Crippen LogP contribution in [0.4, 0.5) is 18.9 Å². The molecule has 0 unspecified atom stereocenters. The van der Waals surface area contributed by atoms with Gasteiger partial charge >= 0.3 is 12.1 Å². The van der Waals surface area contributed by atoms with Gasteiger partial charge in [0.2, 0.25) is 5.91 Å². The Bertz CT molecular complexity index is 820. The summed E-state index contributed by atoms with van der Waals surface area (Å²) in [6, 6.07) is 5.71. The molecule has 0 fully saturated rings. The molecule has 2 aromatic rings. The highest BCUT2D eigenvalue weighted by atomic mass is 32.2. The number of hydrogen-bond acceptors (Lipinski definition) is 5. The second-order valence-electron chi connectivity index (χ2n) is 5.68. The first kappa shape index (κ1) is 21.8. The fraction of sp³-hybridized carbons (Fsp3) is 0.389. The van der Waals surface area contributed by atoms with Crippen molar-refractivity contribution in [3.63, 3.8) is 0 Å². The molecule has 0 radical (unpaired) electrons. The number of nitrogens with one attached hydrogen (secondary N) is 1. The van der Waals surface area contributed by atoms with Crippen LogP contribution < -0.4 is 5.32 Å². The highest BCUT2D eigenvalue weighted by molar-refractivity contribution is 7.99. The van der Waals surface area contributed by atoms with Gasteiger partial charge < -0.3 is 10.1 Å². The molecule has 2 rings (SSSR count). The van der Waals surface area contributed by atoms with E-state index < -0.39 is 23.4 Å². The molecular formula is C18H20F3N3O3S. The summed E-state index contributed by atoms with van der Waals surface area (Å²) in [5.74, 6) is -0.106. The molecule has 0 aliphatic heterocycles. The van der Waals surface area contributed by atoms with E-state index >= 15 is 0 Å². The van der Waals surface area contributed by atoms with Crippen molar-refractivity contribution in [2.45, 2.75) is 26.4 Å². The maximum atomic E-state index is 13.5. The number of thioether (sulfide) groups is 1. The van der Waals surface area contributed by atoms with E-state index in [1.54, 1.807) is 0 Å². The average Bonchev–Trinajstić information content (AvgIpc) is 3.08. The van der Waals surface area contributed by atoms with Gasteiger partial charge in [-0.3, -0.25) is 4.79 Å². The molecule has 1 aromatic heterocycles. The zero-order chi connectivity index (χ0) is 20.7. The van der Waals surface area contributed by atoms with Gasteiger partial charge in [0.1, 0.15) is 5.56 Å². The van der Waals surface area contributed by atoms with E-state index in [2.05, 4.69) is 15.2 Å². The largest absolute Gasteiger partial charge is 0.462 e. The summed E-state index contributed by atoms with van der Waals surface area (Å²) in [5.41, 5.74) is -1.31. The molecule has 6 nitrogen and oxygen atoms in total. The van der Waals surface area contributed by atoms with Crippen LogP contribution >= 0.6 is 11.8 Å². The van der Waals surface area contributed by atoms with Gasteiger partial charge in [0.15, 0.2) is 5.69 Å². The first-order chi connectivity index (χ1) is 13.3. The number of hydrogen-bond donors (Lipinski definition) is 1. The fourth-order valence-electron chi connectivity index (χ4n) is 2.37. The number of ether oxygens (including phenoxy) is 1. The van der Waals surface area contributed by atoms with Crippen LogP contribution in [0, 0.1) is 0 Å². The maximum Gasteiger partial charge on any atom is 0.434 e. The van der Waals surface area contributed by atoms with Gasteiger partial charge in [0.05, 0.1) is 24.2 Å². The van der Waals surface area contributed by atoms with E-state index in [1.807, 2.05) is 6.92 Å². The lowest BCUT2D eigenvalue weighted by Gasteiger charge is -2.13. The van der Waals surface area contributed by atoms with Crippen molar-refractivity contribution < 1.29 is 27.5 Å². The Morgan fingerprint density at radius 1 is 1.21 bits per heavy atom. The molecule has 28 heavy (non-hydrogen) atoms. The van der Waals surface area contributed by atoms with E-state index in [-0.39, 0.29) is 18.2 Å². The van der Waals surface area contributed by atoms with Crippen molar-refractivity contribution in [3.05, 3.63) is 41.7 Å². The smallest absolute Gasteiger partial charge is 0.434 e. The molecule has 1 amide bonds. The van der Waals surface area contributed by atoms with Gasteiger partial charge in [0, 0.05) is 5.69 Å². The molecule has 1 heterocycles. The lowest BCUT2D eigenvalue weighted by atomic mass is 10.2. The van der Waals surface area contributed by atoms with Crippen LogP contribution in [-0.2, 0) is 15.7 Å². The predicted molar refractivity (Wildman–Crippen MR) is 101 cm³/mol. The van der Waals surface area contributed by atoms with E-state index in [9.17, 15) is 22.8 Å². The lowest BCUT2D eigenvalue weighted by Crippen LogP contribution is -2.18. The highest BCUT2D eigenvalue weighted by Crippen LogP contribution is 2.34. The van der Waals surface area contributed by atoms with Gasteiger partial charge in [-0.15, -0.1) is 0 Å². The molecule has 0 aliphatic carbocycles. The SMILES string of the molecule is CCCSCC(=O)Nc1ccc(-n2ncc(C(=O)OCC)c2C(F)(F)F)cc1. The number of carbonyl (C=O) groups excluding carboxylic acids is 2. The molecule has 0 spiro atoms. The minimum Gasteiger partial charge on any atom is -0.462 e. The summed E-state index contributed by atoms with van der Waals surface area (Å²) in [7, 11) is 0. The monoisotopic (exact) mass is 415 g/mol. The third-order valence-electron chi connectivity index (χ3n) is 3.51. The van der Waals surface area contributed by atoms with Gasteiger partial charge in [-0.25, -0.2) is 9.48 Å². The number of aromatic nitrogens is 2. The Kier molecular flexibility index (Phi) is 7.50. The van der Waals surface area contributed by atoms with Gasteiger partial charge in [-0.05, 0) is 43.4 Å². The minimum atomic E-state index is -4.80. The predicted octanol–water partition coefficient (Wildman–Crippen LogP) is 4.15. The molecule has 1 aromatic carbocycles. The van der Waals surface area contributed by atoms with Crippen LogP contribution in [0.5, 0.6) is 0 Å². The third-order valence-corrected chi connectivity index (χ3v) is 4.67. The van der Waals surface area contributed by atoms with E-state index in [0.717, 1.165) is 18.4 Å². The lowest BCUT2D eigenvalue weighted by molar-refractivity contribution is -0.143. The van der Waals surface area contributed by atoms with E-state index in [0.29, 0.717) is 16.1 Å². The molecule has 1 N–H and O–H groups in total. The average molecular weight is 415 g/mol. The Morgan fingerprint density at radius 3 is 2.46 bits per heavy atom. The number of nitrogens with zero attached hydrogens (tertiary/aromatic N) is 2. The summed E-state index contributed by atoms with van der Waals surface area (Å²) < 4.78 is 45.8. The van der Waals surface area contributed by atoms with E-state index in [4.69, 9.17) is 0 Å². The van der Waals surface area contributed by atoms with Crippen LogP contribution in [0.2, 0.25) is 0 Å². The molecule has 0 bridgehead atoms. The Balaban J connectivity index is 2.24. The normalized spacial score (nSPS) is 11.3. The van der Waals surface area contributed by atoms with Crippen LogP contribution in [0.15, 0.2) is 30.5 Å². The summed E-state index contributed by atoms with van der Waals surface area (Å²) in [5, 5.41) is 6.38. The zero-order valence-electron chi connectivity index (χ0n) is 15.4. The third kappa shape index (κ3) is 5.51. The summed E-state index contributed by atoms with van der Waals surface area (Å²) in [4.78, 5) is 23.6. The van der Waals surface area contributed by atoms with E-state index in [1.165, 1.54) is 43.0 Å². The first-order valence-electron chi connectivity index (χ1n) is 8.58. The number of esters is 1. The topological polar surface area (TPSA) is 73.2 Å². The second-order valence-corrected chi connectivity index (χ2v) is 6.79. The van der Waals surface area contributed by atoms with Crippen molar-refractivity contribution >= 4 is 29.3 Å². The summed E-state index contributed by atoms with van der Waals surface area (Å²) >= 11 is 1.50. The van der Waals surface area contributed by atoms with Crippen molar-refractivity contribution in [3.8, 4) is 5.69 Å². The Labute approximate surface area is 164 Å². The van der Waals surface area contributed by atoms with Crippen LogP contribution in [0.25, 0.3) is 5.69 Å². The second kappa shape index (κ2) is 9.63. The van der Waals surface area contributed by atoms with Gasteiger partial charge in [0.25, 0.3) is 0 Å². The first-order valence-corrected chi connectivity index (χ1v) is 9.73. The fourth-order valence-corrected chi connectivity index (χ4v) is 3.06. The Hall–Kier alpha value is -2.49. The number of rotatable bonds is 8. The standard InChI is InChI=1S/C18H20F3N3O3S/c1-3-9-28-11-15(25)23-12-5-7-13(8-6-12)24-16(18(19,20)21)14(10-22-24)17(26)27-4-2/h5-8,10H,3-4,9,11H2,1-2H3,(H,23,25). The quantitative estimate of drug-likeness (QED) is 0.518. The maximum absolute atomic E-state index is 13.5. The summed E-state index contributed by atoms with van der Waals surface area (Å²) in [6.45, 7) is 3.47. The summed E-state index contributed by atoms with van der Waals surface area (Å²) in [6.07, 6.45) is -3.00. The molecular weight excluding hydrogens is 395 g/mol. The zero-order valence-corrected chi connectivity index (χ0v) is 16.2. The van der Waals surface area contributed by atoms with Crippen molar-refractivity contribution in [2.24, 2.45) is 0 Å². The number of amides is 1. The molecule has 0 aliphatic rings.